The zero-order valence-corrected chi connectivity index (χ0v) is 10.9. The van der Waals surface area contributed by atoms with E-state index in [0.29, 0.717) is 12.3 Å². The first-order valence-electron chi connectivity index (χ1n) is 7.17. The SMILES string of the molecule is O=C1Cc2ccccc2CN1CC1CCCCC1. The minimum absolute atomic E-state index is 0.319. The Labute approximate surface area is 109 Å². The predicted molar refractivity (Wildman–Crippen MR) is 72.1 cm³/mol. The highest BCUT2D eigenvalue weighted by Gasteiger charge is 2.25. The van der Waals surface area contributed by atoms with Crippen molar-refractivity contribution in [2.75, 3.05) is 6.54 Å². The van der Waals surface area contributed by atoms with Crippen LogP contribution in [-0.2, 0) is 17.8 Å². The van der Waals surface area contributed by atoms with Crippen LogP contribution in [0.15, 0.2) is 24.3 Å². The Hall–Kier alpha value is -1.31. The molecule has 0 spiro atoms. The summed E-state index contributed by atoms with van der Waals surface area (Å²) in [6, 6.07) is 8.36. The van der Waals surface area contributed by atoms with Gasteiger partial charge < -0.3 is 4.90 Å². The number of benzene rings is 1. The Balaban J connectivity index is 1.68. The summed E-state index contributed by atoms with van der Waals surface area (Å²) in [7, 11) is 0. The molecule has 1 heterocycles. The van der Waals surface area contributed by atoms with Crippen molar-refractivity contribution in [3.63, 3.8) is 0 Å². The van der Waals surface area contributed by atoms with Crippen LogP contribution in [0.2, 0.25) is 0 Å². The second-order valence-corrected chi connectivity index (χ2v) is 5.72. The van der Waals surface area contributed by atoms with Gasteiger partial charge in [0.25, 0.3) is 0 Å². The van der Waals surface area contributed by atoms with Crippen LogP contribution in [0, 0.1) is 5.92 Å². The van der Waals surface area contributed by atoms with Crippen LogP contribution in [0.4, 0.5) is 0 Å². The van der Waals surface area contributed by atoms with E-state index in [4.69, 9.17) is 0 Å². The van der Waals surface area contributed by atoms with Gasteiger partial charge in [-0.2, -0.15) is 0 Å². The van der Waals surface area contributed by atoms with Crippen LogP contribution in [0.3, 0.4) is 0 Å². The van der Waals surface area contributed by atoms with Gasteiger partial charge in [0.15, 0.2) is 0 Å². The van der Waals surface area contributed by atoms with Gasteiger partial charge in [-0.1, -0.05) is 43.5 Å². The van der Waals surface area contributed by atoms with E-state index in [2.05, 4.69) is 23.1 Å². The summed E-state index contributed by atoms with van der Waals surface area (Å²) in [5.41, 5.74) is 2.57. The third-order valence-corrected chi connectivity index (χ3v) is 4.38. The fraction of sp³-hybridized carbons (Fsp3) is 0.562. The molecule has 0 radical (unpaired) electrons. The minimum atomic E-state index is 0.319. The van der Waals surface area contributed by atoms with E-state index in [1.807, 2.05) is 6.07 Å². The molecule has 1 aliphatic heterocycles. The molecule has 0 unspecified atom stereocenters. The van der Waals surface area contributed by atoms with Gasteiger partial charge in [0.1, 0.15) is 0 Å². The molecule has 1 saturated carbocycles. The highest BCUT2D eigenvalue weighted by Crippen LogP contribution is 2.27. The van der Waals surface area contributed by atoms with Crippen LogP contribution in [0.5, 0.6) is 0 Å². The molecule has 18 heavy (non-hydrogen) atoms. The zero-order chi connectivity index (χ0) is 12.4. The Morgan fingerprint density at radius 3 is 2.56 bits per heavy atom. The van der Waals surface area contributed by atoms with Gasteiger partial charge in [-0.25, -0.2) is 0 Å². The smallest absolute Gasteiger partial charge is 0.227 e. The maximum atomic E-state index is 12.2. The normalized spacial score (nSPS) is 20.9. The van der Waals surface area contributed by atoms with Crippen molar-refractivity contribution < 1.29 is 4.79 Å². The molecule has 1 aromatic rings. The summed E-state index contributed by atoms with van der Waals surface area (Å²) >= 11 is 0. The minimum Gasteiger partial charge on any atom is -0.338 e. The van der Waals surface area contributed by atoms with E-state index in [9.17, 15) is 4.79 Å². The van der Waals surface area contributed by atoms with Crippen LogP contribution >= 0.6 is 0 Å². The number of rotatable bonds is 2. The van der Waals surface area contributed by atoms with E-state index in [0.717, 1.165) is 19.0 Å². The number of fused-ring (bicyclic) bond motifs is 1. The van der Waals surface area contributed by atoms with Gasteiger partial charge in [0.05, 0.1) is 6.42 Å². The first kappa shape index (κ1) is 11.8. The highest BCUT2D eigenvalue weighted by atomic mass is 16.2. The molecule has 1 amide bonds. The second kappa shape index (κ2) is 5.13. The lowest BCUT2D eigenvalue weighted by molar-refractivity contribution is -0.132. The average molecular weight is 243 g/mol. The molecular formula is C16H21NO. The topological polar surface area (TPSA) is 20.3 Å². The van der Waals surface area contributed by atoms with Crippen molar-refractivity contribution >= 4 is 5.91 Å². The van der Waals surface area contributed by atoms with Crippen LogP contribution in [0.1, 0.15) is 43.2 Å². The number of nitrogens with zero attached hydrogens (tertiary/aromatic N) is 1. The third-order valence-electron chi connectivity index (χ3n) is 4.38. The monoisotopic (exact) mass is 243 g/mol. The van der Waals surface area contributed by atoms with Crippen molar-refractivity contribution in [3.05, 3.63) is 35.4 Å². The quantitative estimate of drug-likeness (QED) is 0.781. The van der Waals surface area contributed by atoms with Crippen LogP contribution in [-0.4, -0.2) is 17.4 Å². The molecule has 1 fully saturated rings. The van der Waals surface area contributed by atoms with E-state index < -0.39 is 0 Å². The van der Waals surface area contributed by atoms with Gasteiger partial charge in [0.2, 0.25) is 5.91 Å². The molecule has 1 aromatic carbocycles. The Bertz CT molecular complexity index is 434. The molecule has 0 atom stereocenters. The summed E-state index contributed by atoms with van der Waals surface area (Å²) in [6.45, 7) is 1.80. The standard InChI is InChI=1S/C16H21NO/c18-16-10-14-8-4-5-9-15(14)12-17(16)11-13-6-2-1-3-7-13/h4-5,8-9,13H,1-3,6-7,10-12H2. The first-order chi connectivity index (χ1) is 8.83. The largest absolute Gasteiger partial charge is 0.338 e. The predicted octanol–water partition coefficient (Wildman–Crippen LogP) is 3.15. The average Bonchev–Trinajstić information content (AvgIpc) is 2.41. The van der Waals surface area contributed by atoms with E-state index in [-0.39, 0.29) is 0 Å². The number of carbonyl (C=O) groups excluding carboxylic acids is 1. The fourth-order valence-corrected chi connectivity index (χ4v) is 3.30. The van der Waals surface area contributed by atoms with Crippen molar-refractivity contribution in [2.24, 2.45) is 5.92 Å². The summed E-state index contributed by atoms with van der Waals surface area (Å²) in [5.74, 6) is 1.06. The summed E-state index contributed by atoms with van der Waals surface area (Å²) in [5, 5.41) is 0. The zero-order valence-electron chi connectivity index (χ0n) is 10.9. The number of hydrogen-bond acceptors (Lipinski definition) is 1. The maximum Gasteiger partial charge on any atom is 0.227 e. The lowest BCUT2D eigenvalue weighted by atomic mass is 9.88. The van der Waals surface area contributed by atoms with E-state index >= 15 is 0 Å². The van der Waals surface area contributed by atoms with Gasteiger partial charge in [0, 0.05) is 13.1 Å². The molecule has 2 aliphatic rings. The maximum absolute atomic E-state index is 12.2. The van der Waals surface area contributed by atoms with E-state index in [1.165, 1.54) is 43.2 Å². The summed E-state index contributed by atoms with van der Waals surface area (Å²) in [4.78, 5) is 14.2. The third kappa shape index (κ3) is 2.43. The molecule has 0 saturated heterocycles. The van der Waals surface area contributed by atoms with Gasteiger partial charge >= 0.3 is 0 Å². The molecule has 2 heteroatoms. The summed E-state index contributed by atoms with van der Waals surface area (Å²) < 4.78 is 0. The lowest BCUT2D eigenvalue weighted by Gasteiger charge is -2.33. The fourth-order valence-electron chi connectivity index (χ4n) is 3.30. The van der Waals surface area contributed by atoms with Gasteiger partial charge in [-0.15, -0.1) is 0 Å². The second-order valence-electron chi connectivity index (χ2n) is 5.72. The number of hydrogen-bond donors (Lipinski definition) is 0. The molecule has 1 aliphatic carbocycles. The van der Waals surface area contributed by atoms with Crippen molar-refractivity contribution in [3.8, 4) is 0 Å². The Morgan fingerprint density at radius 1 is 1.06 bits per heavy atom. The molecule has 3 rings (SSSR count). The van der Waals surface area contributed by atoms with Gasteiger partial charge in [-0.3, -0.25) is 4.79 Å². The van der Waals surface area contributed by atoms with Crippen molar-refractivity contribution in [1.82, 2.24) is 4.90 Å². The molecule has 0 N–H and O–H groups in total. The number of carbonyl (C=O) groups is 1. The number of amides is 1. The molecule has 0 aromatic heterocycles. The summed E-state index contributed by atoms with van der Waals surface area (Å²) in [6.07, 6.45) is 7.31. The molecule has 2 nitrogen and oxygen atoms in total. The van der Waals surface area contributed by atoms with Crippen LogP contribution in [0.25, 0.3) is 0 Å². The molecule has 0 bridgehead atoms. The van der Waals surface area contributed by atoms with Gasteiger partial charge in [-0.05, 0) is 29.9 Å². The van der Waals surface area contributed by atoms with Crippen LogP contribution < -0.4 is 0 Å². The van der Waals surface area contributed by atoms with Crippen molar-refractivity contribution in [2.45, 2.75) is 45.1 Å². The molecule has 96 valence electrons. The van der Waals surface area contributed by atoms with E-state index in [1.54, 1.807) is 0 Å². The Kier molecular flexibility index (Phi) is 3.35. The molecular weight excluding hydrogens is 222 g/mol. The highest BCUT2D eigenvalue weighted by molar-refractivity contribution is 5.80. The van der Waals surface area contributed by atoms with Crippen molar-refractivity contribution in [1.29, 1.82) is 0 Å². The first-order valence-corrected chi connectivity index (χ1v) is 7.17. The Morgan fingerprint density at radius 2 is 1.78 bits per heavy atom. The lowest BCUT2D eigenvalue weighted by Crippen LogP contribution is -2.39.